The van der Waals surface area contributed by atoms with Crippen molar-refractivity contribution in [1.82, 2.24) is 0 Å². The smallest absolute Gasteiger partial charge is 1.00 e. The van der Waals surface area contributed by atoms with Gasteiger partial charge in [-0.25, -0.2) is 0 Å². The summed E-state index contributed by atoms with van der Waals surface area (Å²) in [4.78, 5) is 0. The Morgan fingerprint density at radius 3 is 1.86 bits per heavy atom. The van der Waals surface area contributed by atoms with Crippen LogP contribution in [-0.4, -0.2) is 11.2 Å². The monoisotopic (exact) mass is 94.1 g/mol. The molecule has 1 rings (SSSR count). The number of aliphatic hydroxyl groups excluding tert-OH is 1. The van der Waals surface area contributed by atoms with E-state index in [2.05, 4.69) is 0 Å². The van der Waals surface area contributed by atoms with Gasteiger partial charge >= 0.3 is 18.9 Å². The molecular formula is C5H11LiO. The van der Waals surface area contributed by atoms with Crippen LogP contribution < -0.4 is 18.9 Å². The summed E-state index contributed by atoms with van der Waals surface area (Å²) in [6.45, 7) is 0. The minimum Gasteiger partial charge on any atom is -1.00 e. The molecule has 0 aromatic heterocycles. The molecule has 0 radical (unpaired) electrons. The van der Waals surface area contributed by atoms with Crippen molar-refractivity contribution < 1.29 is 25.4 Å². The van der Waals surface area contributed by atoms with Crippen LogP contribution in [0.25, 0.3) is 0 Å². The quantitative estimate of drug-likeness (QED) is 0.345. The van der Waals surface area contributed by atoms with E-state index >= 15 is 0 Å². The molecule has 0 aliphatic heterocycles. The van der Waals surface area contributed by atoms with Crippen molar-refractivity contribution in [3.05, 3.63) is 0 Å². The van der Waals surface area contributed by atoms with E-state index in [0.717, 1.165) is 12.8 Å². The largest absolute Gasteiger partial charge is 1.00 e. The molecule has 1 N–H and O–H groups in total. The standard InChI is InChI=1S/C5H10O.Li.H/c6-5-3-1-2-4-5;;/h5-6H,1-4H2;;/q;+1;-1. The first-order valence-electron chi connectivity index (χ1n) is 2.57. The molecule has 2 heteroatoms. The van der Waals surface area contributed by atoms with Crippen LogP contribution in [0, 0.1) is 0 Å². The molecule has 38 valence electrons. The summed E-state index contributed by atoms with van der Waals surface area (Å²) in [5, 5.41) is 8.73. The van der Waals surface area contributed by atoms with E-state index in [4.69, 9.17) is 5.11 Å². The maximum Gasteiger partial charge on any atom is 1.00 e. The maximum absolute atomic E-state index is 8.73. The predicted molar refractivity (Wildman–Crippen MR) is 25.6 cm³/mol. The predicted octanol–water partition coefficient (Wildman–Crippen LogP) is -1.96. The van der Waals surface area contributed by atoms with E-state index in [9.17, 15) is 0 Å². The number of hydrogen-bond donors (Lipinski definition) is 1. The summed E-state index contributed by atoms with van der Waals surface area (Å²) in [6.07, 6.45) is 4.60. The Labute approximate surface area is 57.8 Å². The third-order valence-corrected chi connectivity index (χ3v) is 1.32. The van der Waals surface area contributed by atoms with E-state index in [1.54, 1.807) is 0 Å². The van der Waals surface area contributed by atoms with Crippen molar-refractivity contribution in [3.8, 4) is 0 Å². The van der Waals surface area contributed by atoms with Crippen LogP contribution in [0.3, 0.4) is 0 Å². The molecule has 0 aromatic rings. The van der Waals surface area contributed by atoms with Crippen molar-refractivity contribution >= 4 is 0 Å². The fourth-order valence-electron chi connectivity index (χ4n) is 0.904. The van der Waals surface area contributed by atoms with Crippen molar-refractivity contribution in [2.24, 2.45) is 0 Å². The molecular weight excluding hydrogens is 83.0 g/mol. The summed E-state index contributed by atoms with van der Waals surface area (Å²) in [5.74, 6) is 0. The average molecular weight is 94.1 g/mol. The van der Waals surface area contributed by atoms with Gasteiger partial charge in [-0.3, -0.25) is 0 Å². The fraction of sp³-hybridized carbons (Fsp3) is 1.00. The molecule has 1 fully saturated rings. The van der Waals surface area contributed by atoms with E-state index in [1.165, 1.54) is 12.8 Å². The first-order chi connectivity index (χ1) is 2.89. The van der Waals surface area contributed by atoms with Gasteiger partial charge in [0.05, 0.1) is 6.10 Å². The number of aliphatic hydroxyl groups is 1. The molecule has 7 heavy (non-hydrogen) atoms. The first kappa shape index (κ1) is 7.56. The van der Waals surface area contributed by atoms with E-state index in [0.29, 0.717) is 0 Å². The zero-order valence-corrected chi connectivity index (χ0v) is 4.85. The van der Waals surface area contributed by atoms with Crippen LogP contribution >= 0.6 is 0 Å². The van der Waals surface area contributed by atoms with Crippen LogP contribution in [0.5, 0.6) is 0 Å². The molecule has 1 saturated carbocycles. The molecule has 0 amide bonds. The molecule has 0 atom stereocenters. The summed E-state index contributed by atoms with van der Waals surface area (Å²) in [5.41, 5.74) is 0. The Hall–Kier alpha value is 0.557. The Morgan fingerprint density at radius 2 is 1.71 bits per heavy atom. The molecule has 1 aliphatic carbocycles. The molecule has 0 spiro atoms. The van der Waals surface area contributed by atoms with Crippen LogP contribution in [0.4, 0.5) is 0 Å². The van der Waals surface area contributed by atoms with Crippen molar-refractivity contribution in [2.75, 3.05) is 0 Å². The van der Waals surface area contributed by atoms with Gasteiger partial charge in [0.25, 0.3) is 0 Å². The van der Waals surface area contributed by atoms with E-state index in [1.807, 2.05) is 0 Å². The van der Waals surface area contributed by atoms with Gasteiger partial charge in [-0.05, 0) is 12.8 Å². The fourth-order valence-corrected chi connectivity index (χ4v) is 0.904. The van der Waals surface area contributed by atoms with Crippen molar-refractivity contribution in [3.63, 3.8) is 0 Å². The second-order valence-electron chi connectivity index (χ2n) is 1.94. The molecule has 0 saturated heterocycles. The Balaban J connectivity index is 0. The SMILES string of the molecule is OC1CCCC1.[H-].[Li+]. The van der Waals surface area contributed by atoms with Crippen LogP contribution in [0.2, 0.25) is 0 Å². The Bertz CT molecular complexity index is 45.7. The molecule has 0 unspecified atom stereocenters. The van der Waals surface area contributed by atoms with Crippen molar-refractivity contribution in [1.29, 1.82) is 0 Å². The van der Waals surface area contributed by atoms with Gasteiger partial charge in [0.15, 0.2) is 0 Å². The van der Waals surface area contributed by atoms with E-state index < -0.39 is 0 Å². The summed E-state index contributed by atoms with van der Waals surface area (Å²) in [6, 6.07) is 0. The van der Waals surface area contributed by atoms with Gasteiger partial charge in [0, 0.05) is 0 Å². The number of hydrogen-bond acceptors (Lipinski definition) is 1. The summed E-state index contributed by atoms with van der Waals surface area (Å²) < 4.78 is 0. The van der Waals surface area contributed by atoms with Gasteiger partial charge in [0.1, 0.15) is 0 Å². The molecule has 1 aliphatic rings. The summed E-state index contributed by atoms with van der Waals surface area (Å²) in [7, 11) is 0. The van der Waals surface area contributed by atoms with Gasteiger partial charge < -0.3 is 6.53 Å². The van der Waals surface area contributed by atoms with Crippen LogP contribution in [0.15, 0.2) is 0 Å². The Morgan fingerprint density at radius 1 is 1.29 bits per heavy atom. The normalized spacial score (nSPS) is 21.9. The minimum atomic E-state index is 0. The third-order valence-electron chi connectivity index (χ3n) is 1.32. The van der Waals surface area contributed by atoms with Gasteiger partial charge in [-0.15, -0.1) is 0 Å². The van der Waals surface area contributed by atoms with Gasteiger partial charge in [-0.1, -0.05) is 12.8 Å². The Kier molecular flexibility index (Phi) is 3.83. The third kappa shape index (κ3) is 2.38. The van der Waals surface area contributed by atoms with Gasteiger partial charge in [0.2, 0.25) is 0 Å². The van der Waals surface area contributed by atoms with Crippen LogP contribution in [0.1, 0.15) is 27.1 Å². The maximum atomic E-state index is 8.73. The average Bonchev–Trinajstić information content (AvgIpc) is 1.86. The van der Waals surface area contributed by atoms with Crippen LogP contribution in [-0.2, 0) is 0 Å². The van der Waals surface area contributed by atoms with Gasteiger partial charge in [-0.2, -0.15) is 0 Å². The molecule has 0 aromatic carbocycles. The van der Waals surface area contributed by atoms with Crippen molar-refractivity contribution in [2.45, 2.75) is 31.8 Å². The molecule has 0 bridgehead atoms. The molecule has 1 nitrogen and oxygen atoms in total. The first-order valence-corrected chi connectivity index (χ1v) is 2.57. The zero-order valence-electron chi connectivity index (χ0n) is 5.85. The zero-order chi connectivity index (χ0) is 4.41. The number of rotatable bonds is 0. The second-order valence-corrected chi connectivity index (χ2v) is 1.94. The summed E-state index contributed by atoms with van der Waals surface area (Å²) >= 11 is 0. The minimum absolute atomic E-state index is 0. The van der Waals surface area contributed by atoms with E-state index in [-0.39, 0.29) is 26.4 Å². The topological polar surface area (TPSA) is 20.2 Å². The second kappa shape index (κ2) is 3.55. The molecule has 0 heterocycles.